The van der Waals surface area contributed by atoms with Crippen molar-refractivity contribution in [3.05, 3.63) is 24.3 Å². The van der Waals surface area contributed by atoms with Crippen LogP contribution in [0.15, 0.2) is 24.3 Å². The first-order chi connectivity index (χ1) is 22.6. The van der Waals surface area contributed by atoms with Gasteiger partial charge in [0.25, 0.3) is 0 Å². The second-order valence-corrected chi connectivity index (χ2v) is 13.4. The number of ether oxygens (including phenoxy) is 2. The third kappa shape index (κ3) is 31.0. The average Bonchev–Trinajstić information content (AvgIpc) is 3.04. The molecule has 0 aromatic carbocycles. The lowest BCUT2D eigenvalue weighted by Gasteiger charge is -2.20. The molecular weight excluding hydrogens is 625 g/mol. The standard InChI is InChI=1S/C35H64NO10P/c1-3-5-7-9-11-13-15-17-19-21-23-25-27-34(38)46-31(29-44-47(41,42)45-30-32(36)35(39)40)28-43-33(37)26-24-22-20-18-16-14-12-10-8-6-4-2/h10-13,31-32H,3-9,14-30,36H2,1-2H3,(H,39,40)(H,41,42)/b12-10+,13-11+/t31-,32+/m1/s1. The summed E-state index contributed by atoms with van der Waals surface area (Å²) in [7, 11) is -4.71. The smallest absolute Gasteiger partial charge is 0.472 e. The molecule has 0 saturated heterocycles. The van der Waals surface area contributed by atoms with Gasteiger partial charge in [0.2, 0.25) is 0 Å². The molecule has 0 aliphatic carbocycles. The van der Waals surface area contributed by atoms with Crippen LogP contribution in [0.5, 0.6) is 0 Å². The number of phosphoric acid groups is 1. The molecule has 0 saturated carbocycles. The summed E-state index contributed by atoms with van der Waals surface area (Å²) in [6.07, 6.45) is 28.3. The van der Waals surface area contributed by atoms with Gasteiger partial charge in [0.1, 0.15) is 12.6 Å². The first-order valence-electron chi connectivity index (χ1n) is 17.9. The molecule has 11 nitrogen and oxygen atoms in total. The van der Waals surface area contributed by atoms with Crippen LogP contribution in [0, 0.1) is 0 Å². The van der Waals surface area contributed by atoms with E-state index in [2.05, 4.69) is 42.7 Å². The van der Waals surface area contributed by atoms with Crippen LogP contribution in [-0.2, 0) is 37.5 Å². The number of rotatable bonds is 33. The predicted octanol–water partition coefficient (Wildman–Crippen LogP) is 8.33. The van der Waals surface area contributed by atoms with Crippen LogP contribution in [0.1, 0.15) is 149 Å². The Bertz CT molecular complexity index is 911. The minimum Gasteiger partial charge on any atom is -0.480 e. The molecule has 0 radical (unpaired) electrons. The topological polar surface area (TPSA) is 172 Å². The number of carbonyl (C=O) groups excluding carboxylic acids is 2. The number of carbonyl (C=O) groups is 3. The Labute approximate surface area is 283 Å². The molecule has 0 spiro atoms. The summed E-state index contributed by atoms with van der Waals surface area (Å²) in [4.78, 5) is 45.6. The molecule has 1 unspecified atom stereocenters. The van der Waals surface area contributed by atoms with Gasteiger partial charge in [-0.3, -0.25) is 23.4 Å². The summed E-state index contributed by atoms with van der Waals surface area (Å²) in [6.45, 7) is 2.68. The number of nitrogens with two attached hydrogens (primary N) is 1. The summed E-state index contributed by atoms with van der Waals surface area (Å²) < 4.78 is 32.4. The Hall–Kier alpha value is -2.04. The fourth-order valence-electron chi connectivity index (χ4n) is 4.51. The second-order valence-electron chi connectivity index (χ2n) is 12.0. The first-order valence-corrected chi connectivity index (χ1v) is 19.4. The molecular formula is C35H64NO10P. The van der Waals surface area contributed by atoms with Crippen molar-refractivity contribution in [1.82, 2.24) is 0 Å². The summed E-state index contributed by atoms with van der Waals surface area (Å²) in [6, 6.07) is -1.52. The molecule has 0 fully saturated rings. The van der Waals surface area contributed by atoms with Crippen LogP contribution in [0.2, 0.25) is 0 Å². The van der Waals surface area contributed by atoms with E-state index in [4.69, 9.17) is 24.8 Å². The zero-order valence-corrected chi connectivity index (χ0v) is 30.0. The zero-order chi connectivity index (χ0) is 35.0. The van der Waals surface area contributed by atoms with Gasteiger partial charge in [-0.05, 0) is 57.8 Å². The van der Waals surface area contributed by atoms with Gasteiger partial charge in [0, 0.05) is 12.8 Å². The van der Waals surface area contributed by atoms with Crippen molar-refractivity contribution in [2.75, 3.05) is 19.8 Å². The van der Waals surface area contributed by atoms with E-state index >= 15 is 0 Å². The number of unbranched alkanes of at least 4 members (excludes halogenated alkanes) is 15. The number of esters is 2. The van der Waals surface area contributed by atoms with Crippen LogP contribution >= 0.6 is 7.82 Å². The Morgan fingerprint density at radius 3 is 1.62 bits per heavy atom. The molecule has 0 aliphatic rings. The lowest BCUT2D eigenvalue weighted by atomic mass is 10.1. The van der Waals surface area contributed by atoms with Gasteiger partial charge >= 0.3 is 25.7 Å². The maximum absolute atomic E-state index is 12.5. The highest BCUT2D eigenvalue weighted by molar-refractivity contribution is 7.47. The monoisotopic (exact) mass is 689 g/mol. The van der Waals surface area contributed by atoms with Crippen molar-refractivity contribution in [3.63, 3.8) is 0 Å². The fraction of sp³-hybridized carbons (Fsp3) is 0.800. The maximum Gasteiger partial charge on any atom is 0.472 e. The average molecular weight is 690 g/mol. The molecule has 3 atom stereocenters. The van der Waals surface area contributed by atoms with Gasteiger partial charge in [-0.1, -0.05) is 102 Å². The third-order valence-electron chi connectivity index (χ3n) is 7.42. The highest BCUT2D eigenvalue weighted by Gasteiger charge is 2.28. The molecule has 4 N–H and O–H groups in total. The number of hydrogen-bond donors (Lipinski definition) is 3. The molecule has 12 heteroatoms. The van der Waals surface area contributed by atoms with Crippen LogP contribution < -0.4 is 5.73 Å². The van der Waals surface area contributed by atoms with E-state index in [-0.39, 0.29) is 19.4 Å². The Balaban J connectivity index is 4.51. The van der Waals surface area contributed by atoms with Crippen molar-refractivity contribution >= 4 is 25.7 Å². The van der Waals surface area contributed by atoms with Gasteiger partial charge in [-0.25, -0.2) is 4.57 Å². The van der Waals surface area contributed by atoms with Crippen LogP contribution in [0.25, 0.3) is 0 Å². The van der Waals surface area contributed by atoms with Crippen molar-refractivity contribution < 1.29 is 47.5 Å². The zero-order valence-electron chi connectivity index (χ0n) is 29.1. The second kappa shape index (κ2) is 31.2. The van der Waals surface area contributed by atoms with E-state index in [0.29, 0.717) is 12.8 Å². The Morgan fingerprint density at radius 1 is 0.638 bits per heavy atom. The van der Waals surface area contributed by atoms with Crippen LogP contribution in [0.4, 0.5) is 0 Å². The number of allylic oxidation sites excluding steroid dienone is 4. The molecule has 0 aromatic rings. The Morgan fingerprint density at radius 2 is 1.09 bits per heavy atom. The fourth-order valence-corrected chi connectivity index (χ4v) is 5.29. The van der Waals surface area contributed by atoms with Crippen molar-refractivity contribution in [2.24, 2.45) is 5.73 Å². The van der Waals surface area contributed by atoms with Crippen molar-refractivity contribution in [2.45, 2.75) is 161 Å². The van der Waals surface area contributed by atoms with Crippen LogP contribution in [0.3, 0.4) is 0 Å². The SMILES string of the molecule is CCCC/C=C/CCCCCCCC(=O)OC[C@H](COP(=O)(O)OC[C@H](N)C(=O)O)OC(=O)CCCCCCC/C=C/CCCCC. The highest BCUT2D eigenvalue weighted by atomic mass is 31.2. The minimum absolute atomic E-state index is 0.150. The number of hydrogen-bond acceptors (Lipinski definition) is 9. The summed E-state index contributed by atoms with van der Waals surface area (Å²) in [5.74, 6) is -2.41. The lowest BCUT2D eigenvalue weighted by Crippen LogP contribution is -2.34. The Kier molecular flexibility index (Phi) is 29.9. The predicted molar refractivity (Wildman–Crippen MR) is 185 cm³/mol. The number of aliphatic carboxylic acids is 1. The molecule has 0 amide bonds. The van der Waals surface area contributed by atoms with Gasteiger partial charge < -0.3 is 25.2 Å². The van der Waals surface area contributed by atoms with E-state index < -0.39 is 51.1 Å². The quantitative estimate of drug-likeness (QED) is 0.0262. The van der Waals surface area contributed by atoms with E-state index in [0.717, 1.165) is 77.0 Å². The lowest BCUT2D eigenvalue weighted by molar-refractivity contribution is -0.161. The van der Waals surface area contributed by atoms with Gasteiger partial charge in [-0.2, -0.15) is 0 Å². The number of phosphoric ester groups is 1. The summed E-state index contributed by atoms with van der Waals surface area (Å²) in [5.41, 5.74) is 5.30. The summed E-state index contributed by atoms with van der Waals surface area (Å²) in [5, 5.41) is 8.83. The summed E-state index contributed by atoms with van der Waals surface area (Å²) >= 11 is 0. The minimum atomic E-state index is -4.71. The maximum atomic E-state index is 12.5. The number of carboxylic acid groups (broad SMARTS) is 1. The van der Waals surface area contributed by atoms with Crippen molar-refractivity contribution in [3.8, 4) is 0 Å². The molecule has 0 heterocycles. The highest BCUT2D eigenvalue weighted by Crippen LogP contribution is 2.43. The van der Waals surface area contributed by atoms with Gasteiger partial charge in [0.15, 0.2) is 6.10 Å². The van der Waals surface area contributed by atoms with E-state index in [1.54, 1.807) is 0 Å². The number of carboxylic acids is 1. The van der Waals surface area contributed by atoms with Gasteiger partial charge in [-0.15, -0.1) is 0 Å². The normalized spacial score (nSPS) is 14.3. The van der Waals surface area contributed by atoms with Gasteiger partial charge in [0.05, 0.1) is 13.2 Å². The molecule has 0 aliphatic heterocycles. The van der Waals surface area contributed by atoms with E-state index in [9.17, 15) is 23.8 Å². The third-order valence-corrected chi connectivity index (χ3v) is 8.37. The van der Waals surface area contributed by atoms with E-state index in [1.807, 2.05) is 0 Å². The van der Waals surface area contributed by atoms with E-state index in [1.165, 1.54) is 32.1 Å². The first kappa shape index (κ1) is 45.0. The molecule has 0 bridgehead atoms. The molecule has 0 aromatic heterocycles. The van der Waals surface area contributed by atoms with Crippen molar-refractivity contribution in [1.29, 1.82) is 0 Å². The largest absolute Gasteiger partial charge is 0.480 e. The molecule has 47 heavy (non-hydrogen) atoms. The molecule has 0 rings (SSSR count). The van der Waals surface area contributed by atoms with Crippen LogP contribution in [-0.4, -0.2) is 59.9 Å². The molecule has 274 valence electrons.